The Hall–Kier alpha value is -1.46. The molecule has 1 aromatic rings. The highest BCUT2D eigenvalue weighted by Crippen LogP contribution is 2.18. The second-order valence-corrected chi connectivity index (χ2v) is 5.30. The van der Waals surface area contributed by atoms with Gasteiger partial charge in [0, 0.05) is 25.6 Å². The summed E-state index contributed by atoms with van der Waals surface area (Å²) in [4.78, 5) is 14.1. The van der Waals surface area contributed by atoms with E-state index in [9.17, 15) is 9.18 Å². The van der Waals surface area contributed by atoms with Gasteiger partial charge in [0.15, 0.2) is 17.3 Å². The Kier molecular flexibility index (Phi) is 5.09. The van der Waals surface area contributed by atoms with Crippen molar-refractivity contribution in [3.63, 3.8) is 0 Å². The van der Waals surface area contributed by atoms with Gasteiger partial charge in [-0.15, -0.1) is 0 Å². The monoisotopic (exact) mass is 280 g/mol. The van der Waals surface area contributed by atoms with Crippen molar-refractivity contribution in [1.29, 1.82) is 0 Å². The molecule has 110 valence electrons. The van der Waals surface area contributed by atoms with Crippen LogP contribution in [0.2, 0.25) is 0 Å². The van der Waals surface area contributed by atoms with Crippen molar-refractivity contribution in [1.82, 2.24) is 4.90 Å². The van der Waals surface area contributed by atoms with E-state index >= 15 is 0 Å². The summed E-state index contributed by atoms with van der Waals surface area (Å²) in [5.74, 6) is -0.127. The third-order valence-corrected chi connectivity index (χ3v) is 3.65. The van der Waals surface area contributed by atoms with Gasteiger partial charge < -0.3 is 10.5 Å². The smallest absolute Gasteiger partial charge is 0.165 e. The van der Waals surface area contributed by atoms with E-state index in [1.54, 1.807) is 12.1 Å². The Morgan fingerprint density at radius 2 is 2.15 bits per heavy atom. The predicted molar refractivity (Wildman–Crippen MR) is 75.3 cm³/mol. The number of rotatable bonds is 5. The molecule has 0 amide bonds. The van der Waals surface area contributed by atoms with Gasteiger partial charge in [0.2, 0.25) is 0 Å². The third kappa shape index (κ3) is 4.02. The van der Waals surface area contributed by atoms with Gasteiger partial charge in [-0.1, -0.05) is 6.07 Å². The molecule has 5 heteroatoms. The van der Waals surface area contributed by atoms with Gasteiger partial charge in [-0.05, 0) is 30.5 Å². The Bertz CT molecular complexity index is 471. The average Bonchev–Trinajstić information content (AvgIpc) is 2.41. The summed E-state index contributed by atoms with van der Waals surface area (Å²) >= 11 is 0. The van der Waals surface area contributed by atoms with Crippen molar-refractivity contribution in [2.75, 3.05) is 26.7 Å². The second kappa shape index (κ2) is 6.81. The maximum absolute atomic E-state index is 13.5. The summed E-state index contributed by atoms with van der Waals surface area (Å²) in [6.45, 7) is 2.15. The SMILES string of the molecule is COc1ccc(CC(=O)CN2CCC(N)CC2)cc1F. The number of benzene rings is 1. The van der Waals surface area contributed by atoms with E-state index in [2.05, 4.69) is 4.90 Å². The fourth-order valence-corrected chi connectivity index (χ4v) is 2.46. The molecule has 0 bridgehead atoms. The summed E-state index contributed by atoms with van der Waals surface area (Å²) in [6.07, 6.45) is 2.12. The number of piperidine rings is 1. The first-order chi connectivity index (χ1) is 9.58. The normalized spacial score (nSPS) is 17.1. The number of methoxy groups -OCH3 is 1. The minimum atomic E-state index is -0.429. The summed E-state index contributed by atoms with van der Waals surface area (Å²) in [6, 6.07) is 4.91. The quantitative estimate of drug-likeness (QED) is 0.885. The Balaban J connectivity index is 1.86. The number of carbonyl (C=O) groups is 1. The molecule has 0 radical (unpaired) electrons. The fourth-order valence-electron chi connectivity index (χ4n) is 2.46. The van der Waals surface area contributed by atoms with E-state index < -0.39 is 5.82 Å². The zero-order valence-corrected chi connectivity index (χ0v) is 11.8. The van der Waals surface area contributed by atoms with E-state index in [1.807, 2.05) is 0 Å². The molecular weight excluding hydrogens is 259 g/mol. The molecule has 1 fully saturated rings. The number of carbonyl (C=O) groups excluding carboxylic acids is 1. The third-order valence-electron chi connectivity index (χ3n) is 3.65. The molecule has 1 aromatic carbocycles. The first kappa shape index (κ1) is 14.9. The molecule has 0 aliphatic carbocycles. The number of likely N-dealkylation sites (tertiary alicyclic amines) is 1. The number of hydrogen-bond donors (Lipinski definition) is 1. The summed E-state index contributed by atoms with van der Waals surface area (Å²) in [5, 5.41) is 0. The maximum atomic E-state index is 13.5. The van der Waals surface area contributed by atoms with Gasteiger partial charge in [0.05, 0.1) is 13.7 Å². The first-order valence-electron chi connectivity index (χ1n) is 6.90. The number of nitrogens with two attached hydrogens (primary N) is 1. The van der Waals surface area contributed by atoms with Gasteiger partial charge in [0.1, 0.15) is 0 Å². The van der Waals surface area contributed by atoms with Crippen LogP contribution >= 0.6 is 0 Å². The van der Waals surface area contributed by atoms with Crippen LogP contribution < -0.4 is 10.5 Å². The molecule has 1 aliphatic heterocycles. The molecule has 0 atom stereocenters. The van der Waals surface area contributed by atoms with Gasteiger partial charge in [-0.2, -0.15) is 0 Å². The molecular formula is C15H21FN2O2. The number of hydrogen-bond acceptors (Lipinski definition) is 4. The number of nitrogens with zero attached hydrogens (tertiary/aromatic N) is 1. The Labute approximate surface area is 118 Å². The van der Waals surface area contributed by atoms with Crippen molar-refractivity contribution in [3.05, 3.63) is 29.6 Å². The van der Waals surface area contributed by atoms with Crippen molar-refractivity contribution in [3.8, 4) is 5.75 Å². The lowest BCUT2D eigenvalue weighted by Crippen LogP contribution is -2.42. The summed E-state index contributed by atoms with van der Waals surface area (Å²) < 4.78 is 18.4. The van der Waals surface area contributed by atoms with Crippen LogP contribution in [0.25, 0.3) is 0 Å². The second-order valence-electron chi connectivity index (χ2n) is 5.30. The Morgan fingerprint density at radius 1 is 1.45 bits per heavy atom. The number of ether oxygens (including phenoxy) is 1. The molecule has 20 heavy (non-hydrogen) atoms. The van der Waals surface area contributed by atoms with Crippen molar-refractivity contribution in [2.24, 2.45) is 5.73 Å². The fraction of sp³-hybridized carbons (Fsp3) is 0.533. The van der Waals surface area contributed by atoms with Gasteiger partial charge in [-0.25, -0.2) is 4.39 Å². The van der Waals surface area contributed by atoms with Crippen molar-refractivity contribution < 1.29 is 13.9 Å². The number of ketones is 1. The minimum absolute atomic E-state index is 0.102. The van der Waals surface area contributed by atoms with Crippen LogP contribution in [0.1, 0.15) is 18.4 Å². The molecule has 0 spiro atoms. The molecule has 1 aliphatic rings. The predicted octanol–water partition coefficient (Wildman–Crippen LogP) is 1.37. The van der Waals surface area contributed by atoms with Crippen molar-refractivity contribution >= 4 is 5.78 Å². The van der Waals surface area contributed by atoms with E-state index in [0.717, 1.165) is 25.9 Å². The summed E-state index contributed by atoms with van der Waals surface area (Å²) in [5.41, 5.74) is 6.51. The maximum Gasteiger partial charge on any atom is 0.165 e. The van der Waals surface area contributed by atoms with E-state index in [0.29, 0.717) is 12.1 Å². The lowest BCUT2D eigenvalue weighted by atomic mass is 10.0. The zero-order chi connectivity index (χ0) is 14.5. The molecule has 4 nitrogen and oxygen atoms in total. The minimum Gasteiger partial charge on any atom is -0.494 e. The molecule has 1 saturated heterocycles. The topological polar surface area (TPSA) is 55.6 Å². The van der Waals surface area contributed by atoms with Crippen molar-refractivity contribution in [2.45, 2.75) is 25.3 Å². The first-order valence-corrected chi connectivity index (χ1v) is 6.90. The van der Waals surface area contributed by atoms with E-state index in [4.69, 9.17) is 10.5 Å². The molecule has 0 unspecified atom stereocenters. The van der Waals surface area contributed by atoms with E-state index in [-0.39, 0.29) is 24.0 Å². The summed E-state index contributed by atoms with van der Waals surface area (Å²) in [7, 11) is 1.42. The van der Waals surface area contributed by atoms with Crippen LogP contribution in [0.5, 0.6) is 5.75 Å². The van der Waals surface area contributed by atoms with Crippen LogP contribution in [-0.2, 0) is 11.2 Å². The zero-order valence-electron chi connectivity index (χ0n) is 11.8. The molecule has 2 rings (SSSR count). The van der Waals surface area contributed by atoms with Crippen LogP contribution in [0.15, 0.2) is 18.2 Å². The largest absolute Gasteiger partial charge is 0.494 e. The number of halogens is 1. The molecule has 1 heterocycles. The Morgan fingerprint density at radius 3 is 2.75 bits per heavy atom. The standard InChI is InChI=1S/C15H21FN2O2/c1-20-15-3-2-11(9-14(15)16)8-13(19)10-18-6-4-12(17)5-7-18/h2-3,9,12H,4-8,10,17H2,1H3. The highest BCUT2D eigenvalue weighted by molar-refractivity contribution is 5.82. The lowest BCUT2D eigenvalue weighted by Gasteiger charge is -2.29. The highest BCUT2D eigenvalue weighted by Gasteiger charge is 2.18. The highest BCUT2D eigenvalue weighted by atomic mass is 19.1. The molecule has 0 saturated carbocycles. The van der Waals surface area contributed by atoms with Crippen LogP contribution in [0.4, 0.5) is 4.39 Å². The molecule has 2 N–H and O–H groups in total. The average molecular weight is 280 g/mol. The van der Waals surface area contributed by atoms with Crippen LogP contribution in [-0.4, -0.2) is 43.5 Å². The van der Waals surface area contributed by atoms with Gasteiger partial charge in [-0.3, -0.25) is 9.69 Å². The number of Topliss-reactive ketones (excluding diaryl/α,β-unsaturated/α-hetero) is 1. The van der Waals surface area contributed by atoms with E-state index in [1.165, 1.54) is 13.2 Å². The van der Waals surface area contributed by atoms with Gasteiger partial charge >= 0.3 is 0 Å². The van der Waals surface area contributed by atoms with Crippen LogP contribution in [0.3, 0.4) is 0 Å². The van der Waals surface area contributed by atoms with Gasteiger partial charge in [0.25, 0.3) is 0 Å². The molecule has 0 aromatic heterocycles. The van der Waals surface area contributed by atoms with Crippen LogP contribution in [0, 0.1) is 5.82 Å². The lowest BCUT2D eigenvalue weighted by molar-refractivity contribution is -0.119.